The van der Waals surface area contributed by atoms with Crippen molar-refractivity contribution in [2.24, 2.45) is 0 Å². The summed E-state index contributed by atoms with van der Waals surface area (Å²) in [5.74, 6) is -0.668. The van der Waals surface area contributed by atoms with Crippen molar-refractivity contribution in [1.29, 1.82) is 0 Å². The number of benzene rings is 1. The number of aryl methyl sites for hydroxylation is 1. The van der Waals surface area contributed by atoms with E-state index in [9.17, 15) is 9.59 Å². The number of nitrogens with zero attached hydrogens (tertiary/aromatic N) is 2. The molecule has 0 aliphatic heterocycles. The van der Waals surface area contributed by atoms with Gasteiger partial charge in [0.25, 0.3) is 11.8 Å². The van der Waals surface area contributed by atoms with Crippen molar-refractivity contribution >= 4 is 29.1 Å². The second-order valence-electron chi connectivity index (χ2n) is 6.23. The normalized spacial score (nSPS) is 10.7. The molecular formula is C19H23ClN4O2. The van der Waals surface area contributed by atoms with Crippen molar-refractivity contribution in [3.8, 4) is 0 Å². The van der Waals surface area contributed by atoms with Gasteiger partial charge in [-0.25, -0.2) is 4.98 Å². The number of nitrogens with one attached hydrogen (secondary N) is 2. The summed E-state index contributed by atoms with van der Waals surface area (Å²) in [7, 11) is 3.96. The number of pyridine rings is 1. The molecule has 2 rings (SSSR count). The van der Waals surface area contributed by atoms with E-state index in [2.05, 4.69) is 15.6 Å². The minimum Gasteiger partial charge on any atom is -0.351 e. The van der Waals surface area contributed by atoms with E-state index < -0.39 is 0 Å². The summed E-state index contributed by atoms with van der Waals surface area (Å²) in [5, 5.41) is 6.20. The lowest BCUT2D eigenvalue weighted by molar-refractivity contribution is 0.0947. The van der Waals surface area contributed by atoms with Crippen LogP contribution in [0.4, 0.5) is 5.69 Å². The van der Waals surface area contributed by atoms with Crippen LogP contribution in [0.3, 0.4) is 0 Å². The Hall–Kier alpha value is -2.44. The Labute approximate surface area is 158 Å². The number of halogens is 1. The second kappa shape index (κ2) is 9.31. The lowest BCUT2D eigenvalue weighted by Gasteiger charge is -2.10. The summed E-state index contributed by atoms with van der Waals surface area (Å²) in [6.07, 6.45) is 0.842. The highest BCUT2D eigenvalue weighted by Gasteiger charge is 2.13. The van der Waals surface area contributed by atoms with Crippen molar-refractivity contribution in [2.45, 2.75) is 13.3 Å². The van der Waals surface area contributed by atoms with E-state index in [1.54, 1.807) is 36.4 Å². The number of anilines is 1. The lowest BCUT2D eigenvalue weighted by atomic mass is 10.2. The average Bonchev–Trinajstić information content (AvgIpc) is 2.60. The molecule has 0 aliphatic rings. The molecule has 1 aromatic carbocycles. The standard InChI is InChI=1S/C19H23ClN4O2/c1-13-12-14(20)8-9-15(13)23-19(26)17-7-4-6-16(22-17)18(25)21-10-5-11-24(2)3/h4,6-9,12H,5,10-11H2,1-3H3,(H,21,25)(H,23,26). The Morgan fingerprint density at radius 2 is 1.81 bits per heavy atom. The molecule has 0 radical (unpaired) electrons. The third-order valence-electron chi connectivity index (χ3n) is 3.72. The molecule has 1 aromatic heterocycles. The van der Waals surface area contributed by atoms with Crippen LogP contribution >= 0.6 is 11.6 Å². The Balaban J connectivity index is 2.01. The van der Waals surface area contributed by atoms with Gasteiger partial charge in [0.05, 0.1) is 0 Å². The molecule has 2 N–H and O–H groups in total. The molecule has 2 amide bonds. The molecule has 26 heavy (non-hydrogen) atoms. The smallest absolute Gasteiger partial charge is 0.274 e. The van der Waals surface area contributed by atoms with E-state index in [0.29, 0.717) is 17.3 Å². The molecule has 138 valence electrons. The van der Waals surface area contributed by atoms with Gasteiger partial charge in [-0.3, -0.25) is 9.59 Å². The molecule has 0 saturated carbocycles. The van der Waals surface area contributed by atoms with Crippen LogP contribution in [-0.2, 0) is 0 Å². The summed E-state index contributed by atoms with van der Waals surface area (Å²) in [6, 6.07) is 10.0. The monoisotopic (exact) mass is 374 g/mol. The Bertz CT molecular complexity index is 793. The molecule has 0 aliphatic carbocycles. The Kier molecular flexibility index (Phi) is 7.12. The van der Waals surface area contributed by atoms with E-state index in [4.69, 9.17) is 11.6 Å². The summed E-state index contributed by atoms with van der Waals surface area (Å²) in [4.78, 5) is 30.8. The first-order valence-electron chi connectivity index (χ1n) is 8.34. The summed E-state index contributed by atoms with van der Waals surface area (Å²) in [5.41, 5.74) is 1.90. The first-order chi connectivity index (χ1) is 12.4. The van der Waals surface area contributed by atoms with Crippen molar-refractivity contribution in [1.82, 2.24) is 15.2 Å². The fourth-order valence-corrected chi connectivity index (χ4v) is 2.56. The highest BCUT2D eigenvalue weighted by Crippen LogP contribution is 2.20. The highest BCUT2D eigenvalue weighted by atomic mass is 35.5. The second-order valence-corrected chi connectivity index (χ2v) is 6.67. The van der Waals surface area contributed by atoms with Crippen molar-refractivity contribution in [3.63, 3.8) is 0 Å². The first kappa shape index (κ1) is 19.9. The molecule has 0 unspecified atom stereocenters. The van der Waals surface area contributed by atoms with E-state index >= 15 is 0 Å². The Morgan fingerprint density at radius 1 is 1.12 bits per heavy atom. The van der Waals surface area contributed by atoms with Gasteiger partial charge in [-0.2, -0.15) is 0 Å². The zero-order chi connectivity index (χ0) is 19.1. The molecule has 0 spiro atoms. The van der Waals surface area contributed by atoms with Gasteiger partial charge in [0.15, 0.2) is 0 Å². The van der Waals surface area contributed by atoms with E-state index in [0.717, 1.165) is 18.5 Å². The first-order valence-corrected chi connectivity index (χ1v) is 8.72. The number of hydrogen-bond acceptors (Lipinski definition) is 4. The summed E-state index contributed by atoms with van der Waals surface area (Å²) in [6.45, 7) is 3.29. The zero-order valence-corrected chi connectivity index (χ0v) is 15.9. The molecule has 0 bridgehead atoms. The van der Waals surface area contributed by atoms with Gasteiger partial charge in [-0.05, 0) is 69.9 Å². The van der Waals surface area contributed by atoms with Crippen LogP contribution in [-0.4, -0.2) is 48.9 Å². The van der Waals surface area contributed by atoms with Gasteiger partial charge >= 0.3 is 0 Å². The van der Waals surface area contributed by atoms with Crippen LogP contribution in [0, 0.1) is 6.92 Å². The van der Waals surface area contributed by atoms with Crippen molar-refractivity contribution < 1.29 is 9.59 Å². The number of aromatic nitrogens is 1. The third-order valence-corrected chi connectivity index (χ3v) is 3.95. The van der Waals surface area contributed by atoms with Gasteiger partial charge < -0.3 is 15.5 Å². The largest absolute Gasteiger partial charge is 0.351 e. The van der Waals surface area contributed by atoms with Crippen molar-refractivity contribution in [2.75, 3.05) is 32.5 Å². The van der Waals surface area contributed by atoms with Crippen LogP contribution in [0.25, 0.3) is 0 Å². The number of amides is 2. The lowest BCUT2D eigenvalue weighted by Crippen LogP contribution is -2.28. The number of hydrogen-bond donors (Lipinski definition) is 2. The van der Waals surface area contributed by atoms with E-state index in [1.807, 2.05) is 25.9 Å². The Morgan fingerprint density at radius 3 is 2.46 bits per heavy atom. The third kappa shape index (κ3) is 5.82. The maximum atomic E-state index is 12.4. The maximum Gasteiger partial charge on any atom is 0.274 e. The van der Waals surface area contributed by atoms with Gasteiger partial charge in [0, 0.05) is 17.3 Å². The molecule has 1 heterocycles. The topological polar surface area (TPSA) is 74.3 Å². The van der Waals surface area contributed by atoms with Crippen LogP contribution in [0.5, 0.6) is 0 Å². The molecule has 2 aromatic rings. The van der Waals surface area contributed by atoms with E-state index in [-0.39, 0.29) is 23.2 Å². The average molecular weight is 375 g/mol. The molecular weight excluding hydrogens is 352 g/mol. The fraction of sp³-hybridized carbons (Fsp3) is 0.316. The number of rotatable bonds is 7. The van der Waals surface area contributed by atoms with Crippen LogP contribution in [0.1, 0.15) is 33.0 Å². The summed E-state index contributed by atoms with van der Waals surface area (Å²) >= 11 is 5.92. The molecule has 0 atom stereocenters. The SMILES string of the molecule is Cc1cc(Cl)ccc1NC(=O)c1cccc(C(=O)NCCCN(C)C)n1. The molecule has 0 fully saturated rings. The van der Waals surface area contributed by atoms with E-state index in [1.165, 1.54) is 0 Å². The van der Waals surface area contributed by atoms with Gasteiger partial charge in [-0.1, -0.05) is 17.7 Å². The minimum atomic E-state index is -0.377. The molecule has 7 heteroatoms. The minimum absolute atomic E-state index is 0.181. The number of carbonyl (C=O) groups excluding carboxylic acids is 2. The van der Waals surface area contributed by atoms with Gasteiger partial charge in [0.2, 0.25) is 0 Å². The van der Waals surface area contributed by atoms with Gasteiger partial charge in [0.1, 0.15) is 11.4 Å². The summed E-state index contributed by atoms with van der Waals surface area (Å²) < 4.78 is 0. The predicted octanol–water partition coefficient (Wildman–Crippen LogP) is 2.98. The van der Waals surface area contributed by atoms with Crippen LogP contribution in [0.15, 0.2) is 36.4 Å². The number of carbonyl (C=O) groups is 2. The highest BCUT2D eigenvalue weighted by molar-refractivity contribution is 6.30. The fourth-order valence-electron chi connectivity index (χ4n) is 2.33. The molecule has 6 nitrogen and oxygen atoms in total. The predicted molar refractivity (Wildman–Crippen MR) is 104 cm³/mol. The van der Waals surface area contributed by atoms with Crippen LogP contribution in [0.2, 0.25) is 5.02 Å². The molecule has 0 saturated heterocycles. The van der Waals surface area contributed by atoms with Crippen molar-refractivity contribution in [3.05, 3.63) is 58.4 Å². The zero-order valence-electron chi connectivity index (χ0n) is 15.2. The van der Waals surface area contributed by atoms with Gasteiger partial charge in [-0.15, -0.1) is 0 Å². The van der Waals surface area contributed by atoms with Crippen LogP contribution < -0.4 is 10.6 Å². The maximum absolute atomic E-state index is 12.4. The quantitative estimate of drug-likeness (QED) is 0.731.